The summed E-state index contributed by atoms with van der Waals surface area (Å²) >= 11 is 0. The predicted octanol–water partition coefficient (Wildman–Crippen LogP) is 1.04. The number of hydrogen-bond acceptors (Lipinski definition) is 3. The first-order chi connectivity index (χ1) is 7.83. The molecule has 2 rings (SSSR count). The van der Waals surface area contributed by atoms with E-state index in [1.165, 1.54) is 0 Å². The van der Waals surface area contributed by atoms with Gasteiger partial charge < -0.3 is 5.32 Å². The molecule has 0 aliphatic heterocycles. The molecule has 0 fully saturated rings. The molecule has 2 aromatic rings. The zero-order chi connectivity index (χ0) is 11.4. The zero-order valence-electron chi connectivity index (χ0n) is 8.76. The fourth-order valence-electron chi connectivity index (χ4n) is 1.39. The van der Waals surface area contributed by atoms with Gasteiger partial charge in [-0.05, 0) is 6.42 Å². The van der Waals surface area contributed by atoms with Gasteiger partial charge in [-0.1, -0.05) is 6.08 Å². The SMILES string of the molecule is C=CCCNC(=O)c1cnn2ccncc12. The Morgan fingerprint density at radius 1 is 1.56 bits per heavy atom. The van der Waals surface area contributed by atoms with E-state index in [-0.39, 0.29) is 5.91 Å². The van der Waals surface area contributed by atoms with Gasteiger partial charge in [0.05, 0.1) is 23.5 Å². The van der Waals surface area contributed by atoms with Crippen LogP contribution in [0.15, 0.2) is 37.4 Å². The van der Waals surface area contributed by atoms with Crippen molar-refractivity contribution in [3.63, 3.8) is 0 Å². The van der Waals surface area contributed by atoms with Crippen LogP contribution in [0.2, 0.25) is 0 Å². The van der Waals surface area contributed by atoms with Crippen molar-refractivity contribution in [3.05, 3.63) is 43.0 Å². The minimum Gasteiger partial charge on any atom is -0.352 e. The van der Waals surface area contributed by atoms with E-state index in [4.69, 9.17) is 0 Å². The maximum absolute atomic E-state index is 11.8. The first kappa shape index (κ1) is 10.4. The standard InChI is InChI=1S/C11H12N4O/c1-2-3-4-13-11(16)9-7-14-15-6-5-12-8-10(9)15/h2,5-8H,1,3-4H2,(H,13,16). The number of nitrogens with one attached hydrogen (secondary N) is 1. The van der Waals surface area contributed by atoms with E-state index in [2.05, 4.69) is 22.0 Å². The highest BCUT2D eigenvalue weighted by molar-refractivity contribution is 6.00. The quantitative estimate of drug-likeness (QED) is 0.613. The average Bonchev–Trinajstić information content (AvgIpc) is 2.73. The molecule has 2 heterocycles. The Bertz CT molecular complexity index is 517. The van der Waals surface area contributed by atoms with Crippen molar-refractivity contribution >= 4 is 11.4 Å². The van der Waals surface area contributed by atoms with Crippen LogP contribution in [0.3, 0.4) is 0 Å². The normalized spacial score (nSPS) is 10.2. The highest BCUT2D eigenvalue weighted by Gasteiger charge is 2.11. The fourth-order valence-corrected chi connectivity index (χ4v) is 1.39. The van der Waals surface area contributed by atoms with E-state index in [0.717, 1.165) is 6.42 Å². The first-order valence-electron chi connectivity index (χ1n) is 4.99. The summed E-state index contributed by atoms with van der Waals surface area (Å²) in [4.78, 5) is 15.7. The van der Waals surface area contributed by atoms with Gasteiger partial charge in [-0.3, -0.25) is 9.78 Å². The van der Waals surface area contributed by atoms with E-state index in [0.29, 0.717) is 17.6 Å². The van der Waals surface area contributed by atoms with Gasteiger partial charge >= 0.3 is 0 Å². The van der Waals surface area contributed by atoms with Crippen LogP contribution in [0, 0.1) is 0 Å². The molecule has 0 saturated carbocycles. The van der Waals surface area contributed by atoms with Crippen molar-refractivity contribution in [2.45, 2.75) is 6.42 Å². The van der Waals surface area contributed by atoms with Gasteiger partial charge in [0.15, 0.2) is 0 Å². The maximum Gasteiger partial charge on any atom is 0.255 e. The second-order valence-electron chi connectivity index (χ2n) is 3.30. The topological polar surface area (TPSA) is 59.3 Å². The van der Waals surface area contributed by atoms with Crippen LogP contribution in [0.4, 0.5) is 0 Å². The molecule has 5 heteroatoms. The molecule has 1 N–H and O–H groups in total. The van der Waals surface area contributed by atoms with E-state index < -0.39 is 0 Å². The molecule has 82 valence electrons. The Labute approximate surface area is 92.8 Å². The number of amides is 1. The molecule has 0 spiro atoms. The Morgan fingerprint density at radius 3 is 3.25 bits per heavy atom. The molecule has 0 aliphatic carbocycles. The number of nitrogens with zero attached hydrogens (tertiary/aromatic N) is 3. The summed E-state index contributed by atoms with van der Waals surface area (Å²) < 4.78 is 1.62. The molecule has 0 unspecified atom stereocenters. The van der Waals surface area contributed by atoms with Gasteiger partial charge in [0.1, 0.15) is 0 Å². The Morgan fingerprint density at radius 2 is 2.44 bits per heavy atom. The second kappa shape index (κ2) is 4.57. The first-order valence-corrected chi connectivity index (χ1v) is 4.99. The smallest absolute Gasteiger partial charge is 0.255 e. The van der Waals surface area contributed by atoms with Crippen molar-refractivity contribution in [1.29, 1.82) is 0 Å². The van der Waals surface area contributed by atoms with Crippen molar-refractivity contribution in [1.82, 2.24) is 19.9 Å². The molecule has 2 aromatic heterocycles. The number of rotatable bonds is 4. The van der Waals surface area contributed by atoms with Crippen LogP contribution in [-0.2, 0) is 0 Å². The molecule has 0 bridgehead atoms. The average molecular weight is 216 g/mol. The van der Waals surface area contributed by atoms with Crippen molar-refractivity contribution < 1.29 is 4.79 Å². The Hall–Kier alpha value is -2.17. The van der Waals surface area contributed by atoms with Gasteiger partial charge in [-0.2, -0.15) is 5.10 Å². The molecule has 1 amide bonds. The van der Waals surface area contributed by atoms with Crippen molar-refractivity contribution in [2.75, 3.05) is 6.54 Å². The highest BCUT2D eigenvalue weighted by Crippen LogP contribution is 2.07. The second-order valence-corrected chi connectivity index (χ2v) is 3.30. The summed E-state index contributed by atoms with van der Waals surface area (Å²) in [5.41, 5.74) is 1.25. The summed E-state index contributed by atoms with van der Waals surface area (Å²) in [7, 11) is 0. The molecule has 0 saturated heterocycles. The van der Waals surface area contributed by atoms with Crippen molar-refractivity contribution in [3.8, 4) is 0 Å². The minimum atomic E-state index is -0.134. The number of carbonyl (C=O) groups is 1. The third-order valence-electron chi connectivity index (χ3n) is 2.20. The summed E-state index contributed by atoms with van der Waals surface area (Å²) in [5, 5.41) is 6.85. The number of aromatic nitrogens is 3. The monoisotopic (exact) mass is 216 g/mol. The van der Waals surface area contributed by atoms with E-state index >= 15 is 0 Å². The minimum absolute atomic E-state index is 0.134. The third kappa shape index (κ3) is 1.93. The fraction of sp³-hybridized carbons (Fsp3) is 0.182. The van der Waals surface area contributed by atoms with Gasteiger partial charge in [0, 0.05) is 18.9 Å². The Kier molecular flexibility index (Phi) is 2.95. The lowest BCUT2D eigenvalue weighted by Gasteiger charge is -2.01. The van der Waals surface area contributed by atoms with Gasteiger partial charge in [-0.15, -0.1) is 6.58 Å². The van der Waals surface area contributed by atoms with Crippen LogP contribution in [0.1, 0.15) is 16.8 Å². The van der Waals surface area contributed by atoms with E-state index in [9.17, 15) is 4.79 Å². The molecule has 0 atom stereocenters. The van der Waals surface area contributed by atoms with Gasteiger partial charge in [0.25, 0.3) is 5.91 Å². The van der Waals surface area contributed by atoms with Crippen LogP contribution < -0.4 is 5.32 Å². The van der Waals surface area contributed by atoms with Crippen molar-refractivity contribution in [2.24, 2.45) is 0 Å². The number of hydrogen-bond donors (Lipinski definition) is 1. The maximum atomic E-state index is 11.8. The third-order valence-corrected chi connectivity index (χ3v) is 2.20. The van der Waals surface area contributed by atoms with E-state index in [1.807, 2.05) is 0 Å². The number of fused-ring (bicyclic) bond motifs is 1. The highest BCUT2D eigenvalue weighted by atomic mass is 16.1. The lowest BCUT2D eigenvalue weighted by atomic mass is 10.2. The Balaban J connectivity index is 2.19. The molecule has 0 aromatic carbocycles. The summed E-state index contributed by atoms with van der Waals surface area (Å²) in [6, 6.07) is 0. The zero-order valence-corrected chi connectivity index (χ0v) is 8.76. The number of carbonyl (C=O) groups excluding carboxylic acids is 1. The van der Waals surface area contributed by atoms with Crippen LogP contribution >= 0.6 is 0 Å². The molecule has 5 nitrogen and oxygen atoms in total. The molecule has 0 aliphatic rings. The van der Waals surface area contributed by atoms with E-state index in [1.54, 1.807) is 35.4 Å². The summed E-state index contributed by atoms with van der Waals surface area (Å²) in [6.45, 7) is 4.18. The molecular formula is C11H12N4O. The molecular weight excluding hydrogens is 204 g/mol. The van der Waals surface area contributed by atoms with Crippen LogP contribution in [0.5, 0.6) is 0 Å². The van der Waals surface area contributed by atoms with Gasteiger partial charge in [0.2, 0.25) is 0 Å². The lowest BCUT2D eigenvalue weighted by Crippen LogP contribution is -2.23. The molecule has 0 radical (unpaired) electrons. The lowest BCUT2D eigenvalue weighted by molar-refractivity contribution is 0.0956. The van der Waals surface area contributed by atoms with Gasteiger partial charge in [-0.25, -0.2) is 4.52 Å². The molecule has 16 heavy (non-hydrogen) atoms. The van der Waals surface area contributed by atoms with Crippen LogP contribution in [0.25, 0.3) is 5.52 Å². The predicted molar refractivity (Wildman–Crippen MR) is 60.1 cm³/mol. The largest absolute Gasteiger partial charge is 0.352 e. The summed E-state index contributed by atoms with van der Waals surface area (Å²) in [6.07, 6.45) is 9.01. The van der Waals surface area contributed by atoms with Crippen LogP contribution in [-0.4, -0.2) is 27.0 Å². The summed E-state index contributed by atoms with van der Waals surface area (Å²) in [5.74, 6) is -0.134.